The van der Waals surface area contributed by atoms with Gasteiger partial charge in [-0.15, -0.1) is 43.7 Å². The number of hydrogen-bond acceptors (Lipinski definition) is 4. The molecule has 0 aliphatic carbocycles. The first kappa shape index (κ1) is 51.1. The normalized spacial score (nSPS) is 11.4. The van der Waals surface area contributed by atoms with Crippen molar-refractivity contribution in [1.29, 1.82) is 0 Å². The number of fused-ring (bicyclic) bond motifs is 3. The summed E-state index contributed by atoms with van der Waals surface area (Å²) in [6.45, 7) is 0. The minimum atomic E-state index is -0.206. The number of rotatable bonds is 8. The lowest BCUT2D eigenvalue weighted by Gasteiger charge is -2.38. The molecule has 0 unspecified atom stereocenters. The first-order valence-corrected chi connectivity index (χ1v) is 22.6. The lowest BCUT2D eigenvalue weighted by Crippen LogP contribution is -2.57. The van der Waals surface area contributed by atoms with Crippen LogP contribution in [0, 0.1) is 0 Å². The molecule has 0 N–H and O–H groups in total. The van der Waals surface area contributed by atoms with Crippen molar-refractivity contribution in [3.63, 3.8) is 0 Å². The molecule has 300 valence electrons. The Morgan fingerprint density at radius 1 is 0.324 bits per heavy atom. The number of benzene rings is 8. The standard InChI is InChI=1S/C52H17B18N3O/c53-32-28(33(54)40(61)44(65)39(32)60)29-36(57)47(68)51(48(69)37(29)58)73(50-31(38(59)43(64)46(67)49(50)70)30-34(55)41(62)45(66)42(63)35(30)56)20-15-22(27-21-13-7-8-14-25(21)74-26(27)16-20)24-17-23(18-9-3-1-4-10-18)71-52(72-24)19-11-5-2-6-12-19/h1-17H. The maximum Gasteiger partial charge on any atom is 0.160 e. The summed E-state index contributed by atoms with van der Waals surface area (Å²) in [5.74, 6) is 0.423. The van der Waals surface area contributed by atoms with Crippen molar-refractivity contribution in [2.45, 2.75) is 0 Å². The summed E-state index contributed by atoms with van der Waals surface area (Å²) in [7, 11) is 122. The minimum absolute atomic E-state index is 0.00880. The maximum atomic E-state index is 7.29. The monoisotopic (exact) mass is 897 g/mol. The number of furan rings is 1. The van der Waals surface area contributed by atoms with Gasteiger partial charge in [-0.25, -0.2) is 9.97 Å². The highest BCUT2D eigenvalue weighted by Gasteiger charge is 2.31. The molecule has 10 rings (SSSR count). The lowest BCUT2D eigenvalue weighted by atomic mass is 9.56. The molecule has 8 aromatic carbocycles. The molecule has 74 heavy (non-hydrogen) atoms. The van der Waals surface area contributed by atoms with Gasteiger partial charge in [0.05, 0.1) is 17.1 Å². The summed E-state index contributed by atoms with van der Waals surface area (Å²) in [5.41, 5.74) is 1.66. The van der Waals surface area contributed by atoms with E-state index in [9.17, 15) is 0 Å². The summed E-state index contributed by atoms with van der Waals surface area (Å²) in [4.78, 5) is 11.8. The zero-order valence-electron chi connectivity index (χ0n) is 39.5. The fraction of sp³-hybridized carbons (Fsp3) is 0. The average molecular weight is 894 g/mol. The maximum absolute atomic E-state index is 7.29. The van der Waals surface area contributed by atoms with Crippen LogP contribution in [0.2, 0.25) is 0 Å². The molecule has 10 aromatic rings. The van der Waals surface area contributed by atoms with Gasteiger partial charge in [0.2, 0.25) is 0 Å². The lowest BCUT2D eigenvalue weighted by molar-refractivity contribution is 0.669. The molecule has 0 fully saturated rings. The van der Waals surface area contributed by atoms with Gasteiger partial charge in [0.1, 0.15) is 152 Å². The van der Waals surface area contributed by atoms with Gasteiger partial charge in [0, 0.05) is 44.9 Å². The van der Waals surface area contributed by atoms with Crippen molar-refractivity contribution in [2.24, 2.45) is 0 Å². The van der Waals surface area contributed by atoms with E-state index in [-0.39, 0.29) is 138 Å². The van der Waals surface area contributed by atoms with Gasteiger partial charge < -0.3 is 9.32 Å². The van der Waals surface area contributed by atoms with Crippen LogP contribution < -0.4 is 103 Å². The molecule has 0 amide bonds. The van der Waals surface area contributed by atoms with E-state index >= 15 is 0 Å². The topological polar surface area (TPSA) is 42.2 Å². The highest BCUT2D eigenvalue weighted by atomic mass is 16.3. The number of anilines is 3. The van der Waals surface area contributed by atoms with Gasteiger partial charge in [-0.1, -0.05) is 133 Å². The molecule has 4 nitrogen and oxygen atoms in total. The predicted molar refractivity (Wildman–Crippen MR) is 328 cm³/mol. The van der Waals surface area contributed by atoms with Crippen molar-refractivity contribution in [3.05, 3.63) is 103 Å². The summed E-state index contributed by atoms with van der Waals surface area (Å²) >= 11 is 0. The van der Waals surface area contributed by atoms with E-state index in [0.29, 0.717) is 39.3 Å². The third-order valence-electron chi connectivity index (χ3n) is 13.4. The molecule has 0 saturated heterocycles. The molecule has 2 heterocycles. The second-order valence-corrected chi connectivity index (χ2v) is 17.6. The Hall–Kier alpha value is -6.39. The molecule has 22 heteroatoms. The van der Waals surface area contributed by atoms with Gasteiger partial charge in [-0.2, -0.15) is 0 Å². The third-order valence-corrected chi connectivity index (χ3v) is 13.4. The first-order valence-electron chi connectivity index (χ1n) is 22.6. The summed E-state index contributed by atoms with van der Waals surface area (Å²) in [5, 5.41) is 1.42. The molecule has 0 bridgehead atoms. The number of hydrogen-bond donors (Lipinski definition) is 0. The highest BCUT2D eigenvalue weighted by Crippen LogP contribution is 2.44. The van der Waals surface area contributed by atoms with Crippen LogP contribution in [0.1, 0.15) is 0 Å². The molecule has 0 aliphatic heterocycles. The van der Waals surface area contributed by atoms with Crippen molar-refractivity contribution in [2.75, 3.05) is 4.90 Å². The van der Waals surface area contributed by atoms with E-state index in [2.05, 4.69) is 0 Å². The molecule has 0 saturated carbocycles. The van der Waals surface area contributed by atoms with Gasteiger partial charge in [0.15, 0.2) is 5.82 Å². The Balaban J connectivity index is 1.40. The Morgan fingerprint density at radius 2 is 0.716 bits per heavy atom. The van der Waals surface area contributed by atoms with E-state index in [4.69, 9.17) is 156 Å². The number of para-hydroxylation sites is 1. The van der Waals surface area contributed by atoms with Crippen molar-refractivity contribution in [1.82, 2.24) is 9.97 Å². The smallest absolute Gasteiger partial charge is 0.160 e. The van der Waals surface area contributed by atoms with Crippen LogP contribution in [-0.4, -0.2) is 151 Å². The Morgan fingerprint density at radius 3 is 1.24 bits per heavy atom. The fourth-order valence-corrected chi connectivity index (χ4v) is 9.46. The SMILES string of the molecule is [B]c1c([B])c([B])c(-c2c([B])c([B])c(N(c3cc(-c4cc(-c5ccccc5)nc(-c5ccccc5)n4)c4c(c3)oc3ccccc34)c3c([B])c([B])c([B])c([B])c3-c3c([B])c([B])c([B])c([B])c3[B])c([B])c2[B])c([B])c1[B]. The van der Waals surface area contributed by atoms with Crippen LogP contribution in [0.3, 0.4) is 0 Å². The molecular formula is C52H17B18N3O. The minimum Gasteiger partial charge on any atom is -0.456 e. The van der Waals surface area contributed by atoms with Crippen LogP contribution in [0.15, 0.2) is 108 Å². The van der Waals surface area contributed by atoms with Gasteiger partial charge >= 0.3 is 0 Å². The van der Waals surface area contributed by atoms with E-state index < -0.39 is 0 Å². The molecular weight excluding hydrogens is 877 g/mol. The summed E-state index contributed by atoms with van der Waals surface area (Å²) in [6.07, 6.45) is 0. The Labute approximate surface area is 454 Å². The van der Waals surface area contributed by atoms with E-state index in [1.54, 1.807) is 6.07 Å². The van der Waals surface area contributed by atoms with Crippen LogP contribution >= 0.6 is 0 Å². The quantitative estimate of drug-likeness (QED) is 0.143. The van der Waals surface area contributed by atoms with Crippen LogP contribution in [0.4, 0.5) is 17.1 Å². The zero-order valence-corrected chi connectivity index (χ0v) is 39.5. The zero-order chi connectivity index (χ0) is 52.9. The second-order valence-electron chi connectivity index (χ2n) is 17.6. The third kappa shape index (κ3) is 8.04. The number of aromatic nitrogens is 2. The Bertz CT molecular complexity index is 3870. The first-order chi connectivity index (χ1) is 35.2. The largest absolute Gasteiger partial charge is 0.456 e. The van der Waals surface area contributed by atoms with Crippen LogP contribution in [-0.2, 0) is 0 Å². The van der Waals surface area contributed by atoms with Crippen LogP contribution in [0.25, 0.3) is 78.1 Å². The average Bonchev–Trinajstić information content (AvgIpc) is 3.80. The Kier molecular flexibility index (Phi) is 13.4. The number of nitrogens with zero attached hydrogens (tertiary/aromatic N) is 3. The molecule has 36 radical (unpaired) electrons. The van der Waals surface area contributed by atoms with E-state index in [1.165, 1.54) is 4.90 Å². The molecule has 0 atom stereocenters. The van der Waals surface area contributed by atoms with Gasteiger partial charge in [-0.05, 0) is 40.5 Å². The second kappa shape index (κ2) is 19.4. The summed E-state index contributed by atoms with van der Waals surface area (Å²) < 4.78 is 6.71. The van der Waals surface area contributed by atoms with E-state index in [1.807, 2.05) is 97.1 Å². The van der Waals surface area contributed by atoms with E-state index in [0.717, 1.165) is 16.5 Å². The van der Waals surface area contributed by atoms with Crippen LogP contribution in [0.5, 0.6) is 0 Å². The highest BCUT2D eigenvalue weighted by molar-refractivity contribution is 6.73. The fourth-order valence-electron chi connectivity index (χ4n) is 9.46. The summed E-state index contributed by atoms with van der Waals surface area (Å²) in [6, 6.07) is 32.1. The predicted octanol–water partition coefficient (Wildman–Crippen LogP) is -7.53. The van der Waals surface area contributed by atoms with Gasteiger partial charge in [-0.3, -0.25) is 0 Å². The molecule has 0 spiro atoms. The molecule has 0 aliphatic rings. The molecule has 2 aromatic heterocycles. The van der Waals surface area contributed by atoms with Crippen molar-refractivity contribution in [3.8, 4) is 56.2 Å². The van der Waals surface area contributed by atoms with Crippen molar-refractivity contribution < 1.29 is 4.42 Å². The van der Waals surface area contributed by atoms with Gasteiger partial charge in [0.25, 0.3) is 0 Å². The van der Waals surface area contributed by atoms with Crippen molar-refractivity contribution >= 4 is 279 Å².